The van der Waals surface area contributed by atoms with Gasteiger partial charge in [-0.25, -0.2) is 0 Å². The molecule has 1 aromatic carbocycles. The summed E-state index contributed by atoms with van der Waals surface area (Å²) < 4.78 is 0. The van der Waals surface area contributed by atoms with E-state index in [9.17, 15) is 0 Å². The van der Waals surface area contributed by atoms with Crippen LogP contribution in [0.2, 0.25) is 0 Å². The molecule has 15 heavy (non-hydrogen) atoms. The van der Waals surface area contributed by atoms with Gasteiger partial charge in [0.15, 0.2) is 0 Å². The highest BCUT2D eigenvalue weighted by Gasteiger charge is 2.12. The second-order valence-electron chi connectivity index (χ2n) is 4.84. The van der Waals surface area contributed by atoms with Crippen LogP contribution in [0.25, 0.3) is 11.3 Å². The maximum Gasteiger partial charge on any atom is 0.0624 e. The van der Waals surface area contributed by atoms with E-state index in [0.717, 1.165) is 5.69 Å². The van der Waals surface area contributed by atoms with Crippen molar-refractivity contribution >= 4 is 0 Å². The molecule has 0 aliphatic rings. The van der Waals surface area contributed by atoms with Crippen LogP contribution in [0.4, 0.5) is 0 Å². The molecule has 0 aliphatic heterocycles. The van der Waals surface area contributed by atoms with Crippen LogP contribution in [0.15, 0.2) is 36.4 Å². The van der Waals surface area contributed by atoms with Gasteiger partial charge in [-0.2, -0.15) is 0 Å². The lowest BCUT2D eigenvalue weighted by Crippen LogP contribution is -2.10. The van der Waals surface area contributed by atoms with E-state index in [1.807, 2.05) is 12.1 Å². The standard InChI is InChI=1S/C14H16N/c1-14(2,3)12-8-6-11(7-9-12)13-5-4-10-15-13/h4-9,15H,1-3H3. The normalized spacial score (nSPS) is 11.7. The second kappa shape index (κ2) is 3.58. The van der Waals surface area contributed by atoms with Crippen molar-refractivity contribution in [3.8, 4) is 11.3 Å². The maximum absolute atomic E-state index is 3.09. The van der Waals surface area contributed by atoms with Crippen molar-refractivity contribution in [2.24, 2.45) is 0 Å². The van der Waals surface area contributed by atoms with Crippen LogP contribution in [0.5, 0.6) is 0 Å². The zero-order valence-corrected chi connectivity index (χ0v) is 9.46. The summed E-state index contributed by atoms with van der Waals surface area (Å²) in [5.74, 6) is 0. The van der Waals surface area contributed by atoms with Crippen molar-refractivity contribution in [2.45, 2.75) is 26.2 Å². The number of aromatic nitrogens is 1. The van der Waals surface area contributed by atoms with Crippen LogP contribution >= 0.6 is 0 Å². The Morgan fingerprint density at radius 2 is 1.67 bits per heavy atom. The summed E-state index contributed by atoms with van der Waals surface area (Å²) in [6.45, 7) is 6.68. The van der Waals surface area contributed by atoms with Crippen molar-refractivity contribution in [1.82, 2.24) is 4.98 Å². The number of aromatic amines is 1. The van der Waals surface area contributed by atoms with E-state index in [0.29, 0.717) is 0 Å². The molecule has 0 amide bonds. The molecule has 1 aromatic heterocycles. The fourth-order valence-corrected chi connectivity index (χ4v) is 1.60. The van der Waals surface area contributed by atoms with Gasteiger partial charge in [-0.15, -0.1) is 0 Å². The van der Waals surface area contributed by atoms with Crippen molar-refractivity contribution < 1.29 is 0 Å². The average molecular weight is 198 g/mol. The third kappa shape index (κ3) is 2.12. The first-order valence-electron chi connectivity index (χ1n) is 5.23. The summed E-state index contributed by atoms with van der Waals surface area (Å²) in [7, 11) is 0. The van der Waals surface area contributed by atoms with Crippen molar-refractivity contribution in [1.29, 1.82) is 0 Å². The highest BCUT2D eigenvalue weighted by atomic mass is 14.7. The molecule has 2 rings (SSSR count). The molecular formula is C14H16N. The Labute approximate surface area is 91.2 Å². The van der Waals surface area contributed by atoms with Gasteiger partial charge in [0.2, 0.25) is 0 Å². The molecule has 0 spiro atoms. The van der Waals surface area contributed by atoms with Crippen LogP contribution in [0.1, 0.15) is 26.3 Å². The zero-order chi connectivity index (χ0) is 10.9. The van der Waals surface area contributed by atoms with Crippen molar-refractivity contribution in [3.05, 3.63) is 48.2 Å². The largest absolute Gasteiger partial charge is 0.353 e. The molecule has 2 aromatic rings. The molecule has 1 heterocycles. The molecular weight excluding hydrogens is 182 g/mol. The molecule has 1 nitrogen and oxygen atoms in total. The zero-order valence-electron chi connectivity index (χ0n) is 9.46. The van der Waals surface area contributed by atoms with Gasteiger partial charge in [-0.3, -0.25) is 0 Å². The molecule has 0 atom stereocenters. The van der Waals surface area contributed by atoms with Crippen LogP contribution in [0, 0.1) is 6.20 Å². The van der Waals surface area contributed by atoms with E-state index in [1.54, 1.807) is 0 Å². The number of rotatable bonds is 1. The third-order valence-corrected chi connectivity index (χ3v) is 2.60. The first kappa shape index (κ1) is 10.0. The minimum atomic E-state index is 0.223. The summed E-state index contributed by atoms with van der Waals surface area (Å²) in [6, 6.07) is 12.6. The van der Waals surface area contributed by atoms with E-state index in [4.69, 9.17) is 0 Å². The lowest BCUT2D eigenvalue weighted by molar-refractivity contribution is 0.590. The van der Waals surface area contributed by atoms with Gasteiger partial charge < -0.3 is 4.98 Å². The minimum absolute atomic E-state index is 0.223. The number of H-pyrrole nitrogens is 1. The molecule has 0 fully saturated rings. The number of benzene rings is 1. The van der Waals surface area contributed by atoms with Crippen LogP contribution in [0.3, 0.4) is 0 Å². The van der Waals surface area contributed by atoms with Gasteiger partial charge in [-0.05, 0) is 28.7 Å². The van der Waals surface area contributed by atoms with Crippen LogP contribution in [-0.4, -0.2) is 4.98 Å². The third-order valence-electron chi connectivity index (χ3n) is 2.60. The molecule has 0 bridgehead atoms. The van der Waals surface area contributed by atoms with E-state index in [2.05, 4.69) is 56.2 Å². The Morgan fingerprint density at radius 3 is 2.13 bits per heavy atom. The molecule has 1 heteroatoms. The number of hydrogen-bond donors (Lipinski definition) is 1. The van der Waals surface area contributed by atoms with Crippen LogP contribution in [-0.2, 0) is 5.41 Å². The van der Waals surface area contributed by atoms with Gasteiger partial charge in [0.1, 0.15) is 0 Å². The van der Waals surface area contributed by atoms with E-state index < -0.39 is 0 Å². The highest BCUT2D eigenvalue weighted by molar-refractivity contribution is 5.59. The van der Waals surface area contributed by atoms with Crippen molar-refractivity contribution in [2.75, 3.05) is 0 Å². The predicted molar refractivity (Wildman–Crippen MR) is 63.8 cm³/mol. The molecule has 1 N–H and O–H groups in total. The SMILES string of the molecule is CC(C)(C)c1ccc(-c2cc[c][nH]2)cc1. The molecule has 0 saturated carbocycles. The molecule has 0 aliphatic carbocycles. The summed E-state index contributed by atoms with van der Waals surface area (Å²) >= 11 is 0. The Morgan fingerprint density at radius 1 is 1.00 bits per heavy atom. The Balaban J connectivity index is 2.33. The summed E-state index contributed by atoms with van der Waals surface area (Å²) in [5, 5.41) is 0. The smallest absolute Gasteiger partial charge is 0.0624 e. The molecule has 0 unspecified atom stereocenters. The topological polar surface area (TPSA) is 15.8 Å². The molecule has 77 valence electrons. The van der Waals surface area contributed by atoms with Gasteiger partial charge >= 0.3 is 0 Å². The summed E-state index contributed by atoms with van der Waals surface area (Å²) in [4.78, 5) is 3.09. The summed E-state index contributed by atoms with van der Waals surface area (Å²) in [5.41, 5.74) is 3.92. The van der Waals surface area contributed by atoms with E-state index in [1.165, 1.54) is 11.1 Å². The lowest BCUT2D eigenvalue weighted by atomic mass is 9.86. The predicted octanol–water partition coefficient (Wildman–Crippen LogP) is 3.78. The van der Waals surface area contributed by atoms with Crippen LogP contribution < -0.4 is 0 Å². The molecule has 0 saturated heterocycles. The Hall–Kier alpha value is -1.50. The van der Waals surface area contributed by atoms with Gasteiger partial charge in [0.05, 0.1) is 6.20 Å². The second-order valence-corrected chi connectivity index (χ2v) is 4.84. The average Bonchev–Trinajstić information content (AvgIpc) is 2.69. The Kier molecular flexibility index (Phi) is 2.39. The lowest BCUT2D eigenvalue weighted by Gasteiger charge is -2.18. The number of hydrogen-bond acceptors (Lipinski definition) is 0. The quantitative estimate of drug-likeness (QED) is 0.717. The highest BCUT2D eigenvalue weighted by Crippen LogP contribution is 2.25. The van der Waals surface area contributed by atoms with Gasteiger partial charge in [-0.1, -0.05) is 45.0 Å². The van der Waals surface area contributed by atoms with E-state index in [-0.39, 0.29) is 5.41 Å². The van der Waals surface area contributed by atoms with Gasteiger partial charge in [0.25, 0.3) is 0 Å². The fourth-order valence-electron chi connectivity index (χ4n) is 1.60. The monoisotopic (exact) mass is 198 g/mol. The maximum atomic E-state index is 3.09. The first-order chi connectivity index (χ1) is 7.07. The number of nitrogens with one attached hydrogen (secondary N) is 1. The Bertz CT molecular complexity index is 415. The van der Waals surface area contributed by atoms with Gasteiger partial charge in [0, 0.05) is 5.69 Å². The minimum Gasteiger partial charge on any atom is -0.353 e. The molecule has 1 radical (unpaired) electrons. The fraction of sp³-hybridized carbons (Fsp3) is 0.286. The summed E-state index contributed by atoms with van der Waals surface area (Å²) in [6.07, 6.45) is 2.95. The van der Waals surface area contributed by atoms with E-state index >= 15 is 0 Å². The van der Waals surface area contributed by atoms with Crippen molar-refractivity contribution in [3.63, 3.8) is 0 Å². The first-order valence-corrected chi connectivity index (χ1v) is 5.23.